The van der Waals surface area contributed by atoms with Gasteiger partial charge in [-0.1, -0.05) is 30.3 Å². The second kappa shape index (κ2) is 5.76. The maximum atomic E-state index is 13.1. The fraction of sp³-hybridized carbons (Fsp3) is 0.467. The van der Waals surface area contributed by atoms with E-state index in [1.54, 1.807) is 6.07 Å². The second-order valence-electron chi connectivity index (χ2n) is 5.30. The van der Waals surface area contributed by atoms with Crippen LogP contribution in [0.4, 0.5) is 13.2 Å². The quantitative estimate of drug-likeness (QED) is 0.927. The fourth-order valence-electron chi connectivity index (χ4n) is 2.41. The standard InChI is InChI=1S/C15H15F3N2O/c16-15(17,18)12(11-5-2-1-3-6-11)9-13(21)20-14(10-19)7-4-8-14/h1-3,5-6,12H,4,7-9H2,(H,20,21)/t12-/m1/s1. The normalized spacial score (nSPS) is 18.2. The first-order valence-electron chi connectivity index (χ1n) is 6.70. The molecule has 0 bridgehead atoms. The van der Waals surface area contributed by atoms with Gasteiger partial charge in [0.25, 0.3) is 0 Å². The first-order chi connectivity index (χ1) is 9.86. The molecule has 1 aromatic rings. The average Bonchev–Trinajstić information content (AvgIpc) is 2.40. The number of halogens is 3. The van der Waals surface area contributed by atoms with Crippen molar-refractivity contribution in [3.05, 3.63) is 35.9 Å². The molecule has 0 aromatic heterocycles. The van der Waals surface area contributed by atoms with Crippen LogP contribution in [-0.4, -0.2) is 17.6 Å². The van der Waals surface area contributed by atoms with Gasteiger partial charge in [0.05, 0.1) is 12.0 Å². The number of benzene rings is 1. The molecule has 1 saturated carbocycles. The Balaban J connectivity index is 2.10. The predicted octanol–water partition coefficient (Wildman–Crippen LogP) is 3.29. The molecule has 0 aliphatic heterocycles. The Kier molecular flexibility index (Phi) is 4.21. The summed E-state index contributed by atoms with van der Waals surface area (Å²) in [6.07, 6.45) is -3.40. The highest BCUT2D eigenvalue weighted by Gasteiger charge is 2.44. The minimum Gasteiger partial charge on any atom is -0.338 e. The lowest BCUT2D eigenvalue weighted by Gasteiger charge is -2.36. The number of nitriles is 1. The summed E-state index contributed by atoms with van der Waals surface area (Å²) in [4.78, 5) is 11.9. The van der Waals surface area contributed by atoms with E-state index in [4.69, 9.17) is 5.26 Å². The van der Waals surface area contributed by atoms with Crippen LogP contribution >= 0.6 is 0 Å². The van der Waals surface area contributed by atoms with Gasteiger partial charge in [0.1, 0.15) is 5.54 Å². The van der Waals surface area contributed by atoms with Gasteiger partial charge in [-0.15, -0.1) is 0 Å². The van der Waals surface area contributed by atoms with Crippen molar-refractivity contribution in [2.75, 3.05) is 0 Å². The summed E-state index contributed by atoms with van der Waals surface area (Å²) in [6.45, 7) is 0. The largest absolute Gasteiger partial charge is 0.396 e. The number of carbonyl (C=O) groups excluding carboxylic acids is 1. The van der Waals surface area contributed by atoms with Gasteiger partial charge in [-0.05, 0) is 24.8 Å². The Labute approximate surface area is 120 Å². The highest BCUT2D eigenvalue weighted by atomic mass is 19.4. The van der Waals surface area contributed by atoms with Gasteiger partial charge in [0, 0.05) is 6.42 Å². The summed E-state index contributed by atoms with van der Waals surface area (Å²) in [7, 11) is 0. The van der Waals surface area contributed by atoms with Gasteiger partial charge >= 0.3 is 6.18 Å². The molecular weight excluding hydrogens is 281 g/mol. The molecule has 1 fully saturated rings. The highest BCUT2D eigenvalue weighted by molar-refractivity contribution is 5.78. The van der Waals surface area contributed by atoms with E-state index in [1.165, 1.54) is 24.3 Å². The Hall–Kier alpha value is -2.03. The number of carbonyl (C=O) groups is 1. The van der Waals surface area contributed by atoms with Crippen LogP contribution in [0.3, 0.4) is 0 Å². The first kappa shape index (κ1) is 15.4. The van der Waals surface area contributed by atoms with Crippen LogP contribution in [0.25, 0.3) is 0 Å². The number of hydrogen-bond donors (Lipinski definition) is 1. The summed E-state index contributed by atoms with van der Waals surface area (Å²) in [5.41, 5.74) is -0.913. The van der Waals surface area contributed by atoms with Gasteiger partial charge in [0.2, 0.25) is 5.91 Å². The molecule has 1 aromatic carbocycles. The number of nitrogens with zero attached hydrogens (tertiary/aromatic N) is 1. The molecule has 6 heteroatoms. The molecule has 21 heavy (non-hydrogen) atoms. The monoisotopic (exact) mass is 296 g/mol. The summed E-state index contributed by atoms with van der Waals surface area (Å²) in [6, 6.07) is 9.33. The van der Waals surface area contributed by atoms with E-state index >= 15 is 0 Å². The maximum absolute atomic E-state index is 13.1. The SMILES string of the molecule is N#CC1(NC(=O)C[C@H](c2ccccc2)C(F)(F)F)CCC1. The Bertz CT molecular complexity index is 544. The van der Waals surface area contributed by atoms with Gasteiger partial charge in [0.15, 0.2) is 0 Å². The number of nitrogens with one attached hydrogen (secondary N) is 1. The van der Waals surface area contributed by atoms with Crippen molar-refractivity contribution in [2.24, 2.45) is 0 Å². The highest BCUT2D eigenvalue weighted by Crippen LogP contribution is 2.38. The molecule has 1 N–H and O–H groups in total. The molecule has 0 heterocycles. The van der Waals surface area contributed by atoms with E-state index in [1.807, 2.05) is 6.07 Å². The molecule has 0 spiro atoms. The first-order valence-corrected chi connectivity index (χ1v) is 6.70. The lowest BCUT2D eigenvalue weighted by molar-refractivity contribution is -0.157. The van der Waals surface area contributed by atoms with E-state index in [-0.39, 0.29) is 5.56 Å². The molecule has 1 atom stereocenters. The van der Waals surface area contributed by atoms with Crippen LogP contribution in [0.2, 0.25) is 0 Å². The predicted molar refractivity (Wildman–Crippen MR) is 70.2 cm³/mol. The average molecular weight is 296 g/mol. The van der Waals surface area contributed by atoms with E-state index < -0.39 is 30.0 Å². The van der Waals surface area contributed by atoms with Crippen molar-refractivity contribution in [3.8, 4) is 6.07 Å². The molecule has 1 aliphatic carbocycles. The molecule has 2 rings (SSSR count). The van der Waals surface area contributed by atoms with Gasteiger partial charge < -0.3 is 5.32 Å². The van der Waals surface area contributed by atoms with Crippen molar-refractivity contribution in [2.45, 2.75) is 43.3 Å². The van der Waals surface area contributed by atoms with Crippen molar-refractivity contribution < 1.29 is 18.0 Å². The topological polar surface area (TPSA) is 52.9 Å². The van der Waals surface area contributed by atoms with E-state index in [0.29, 0.717) is 12.8 Å². The fourth-order valence-corrected chi connectivity index (χ4v) is 2.41. The third kappa shape index (κ3) is 3.54. The summed E-state index contributed by atoms with van der Waals surface area (Å²) in [5.74, 6) is -2.59. The molecular formula is C15H15F3N2O. The molecule has 0 unspecified atom stereocenters. The summed E-state index contributed by atoms with van der Waals surface area (Å²) < 4.78 is 39.4. The van der Waals surface area contributed by atoms with Crippen LogP contribution in [-0.2, 0) is 4.79 Å². The minimum atomic E-state index is -4.50. The van der Waals surface area contributed by atoms with Crippen LogP contribution < -0.4 is 5.32 Å². The summed E-state index contributed by atoms with van der Waals surface area (Å²) in [5, 5.41) is 11.5. The zero-order valence-corrected chi connectivity index (χ0v) is 11.3. The molecule has 1 amide bonds. The third-order valence-corrected chi connectivity index (χ3v) is 3.79. The molecule has 0 saturated heterocycles. The number of alkyl halides is 3. The molecule has 112 valence electrons. The zero-order valence-electron chi connectivity index (χ0n) is 11.3. The van der Waals surface area contributed by atoms with Crippen LogP contribution in [0.1, 0.15) is 37.2 Å². The smallest absolute Gasteiger partial charge is 0.338 e. The van der Waals surface area contributed by atoms with Gasteiger partial charge in [-0.3, -0.25) is 4.79 Å². The van der Waals surface area contributed by atoms with Crippen molar-refractivity contribution in [1.82, 2.24) is 5.32 Å². The zero-order chi connectivity index (χ0) is 15.5. The Morgan fingerprint density at radius 1 is 1.33 bits per heavy atom. The van der Waals surface area contributed by atoms with E-state index in [2.05, 4.69) is 5.32 Å². The van der Waals surface area contributed by atoms with E-state index in [9.17, 15) is 18.0 Å². The van der Waals surface area contributed by atoms with Crippen LogP contribution in [0.5, 0.6) is 0 Å². The lowest BCUT2D eigenvalue weighted by atomic mass is 9.78. The van der Waals surface area contributed by atoms with Gasteiger partial charge in [-0.25, -0.2) is 0 Å². The van der Waals surface area contributed by atoms with Crippen molar-refractivity contribution in [3.63, 3.8) is 0 Å². The molecule has 1 aliphatic rings. The Morgan fingerprint density at radius 3 is 2.38 bits per heavy atom. The lowest BCUT2D eigenvalue weighted by Crippen LogP contribution is -2.52. The molecule has 3 nitrogen and oxygen atoms in total. The van der Waals surface area contributed by atoms with Crippen LogP contribution in [0.15, 0.2) is 30.3 Å². The Morgan fingerprint density at radius 2 is 1.95 bits per heavy atom. The molecule has 0 radical (unpaired) electrons. The number of rotatable bonds is 4. The maximum Gasteiger partial charge on any atom is 0.396 e. The third-order valence-electron chi connectivity index (χ3n) is 3.79. The number of hydrogen-bond acceptors (Lipinski definition) is 2. The second-order valence-corrected chi connectivity index (χ2v) is 5.30. The number of amides is 1. The van der Waals surface area contributed by atoms with E-state index in [0.717, 1.165) is 6.42 Å². The summed E-state index contributed by atoms with van der Waals surface area (Å²) >= 11 is 0. The van der Waals surface area contributed by atoms with Crippen molar-refractivity contribution >= 4 is 5.91 Å². The minimum absolute atomic E-state index is 0.0553. The van der Waals surface area contributed by atoms with Gasteiger partial charge in [-0.2, -0.15) is 18.4 Å². The van der Waals surface area contributed by atoms with Crippen molar-refractivity contribution in [1.29, 1.82) is 5.26 Å². The van der Waals surface area contributed by atoms with Crippen LogP contribution in [0, 0.1) is 11.3 Å².